The molecule has 0 aliphatic carbocycles. The van der Waals surface area contributed by atoms with Crippen molar-refractivity contribution < 1.29 is 24.9 Å². The van der Waals surface area contributed by atoms with E-state index in [1.807, 2.05) is 12.1 Å². The Morgan fingerprint density at radius 1 is 1.18 bits per heavy atom. The lowest BCUT2D eigenvalue weighted by atomic mass is 10.0. The molecule has 0 heterocycles. The highest BCUT2D eigenvalue weighted by Gasteiger charge is 2.12. The quantitative estimate of drug-likeness (QED) is 0.468. The maximum Gasteiger partial charge on any atom is 0.337 e. The number of ether oxygens (including phenoxy) is 1. The average molecular weight is 387 g/mol. The summed E-state index contributed by atoms with van der Waals surface area (Å²) in [6.45, 7) is 2.20. The van der Waals surface area contributed by atoms with Crippen LogP contribution in [0.25, 0.3) is 0 Å². The average Bonchev–Trinajstić information content (AvgIpc) is 2.72. The number of esters is 1. The largest absolute Gasteiger partial charge is 0.508 e. The number of carbonyl (C=O) groups excluding carboxylic acids is 1. The second kappa shape index (κ2) is 10.8. The van der Waals surface area contributed by atoms with E-state index in [2.05, 4.69) is 12.2 Å². The van der Waals surface area contributed by atoms with E-state index in [4.69, 9.17) is 4.74 Å². The molecule has 0 spiro atoms. The Kier molecular flexibility index (Phi) is 8.44. The predicted molar refractivity (Wildman–Crippen MR) is 107 cm³/mol. The Bertz CT molecular complexity index is 760. The monoisotopic (exact) mass is 387 g/mol. The van der Waals surface area contributed by atoms with E-state index in [0.717, 1.165) is 19.3 Å². The van der Waals surface area contributed by atoms with Gasteiger partial charge in [0, 0.05) is 18.2 Å². The highest BCUT2D eigenvalue weighted by Crippen LogP contribution is 2.22. The van der Waals surface area contributed by atoms with Gasteiger partial charge in [0.1, 0.15) is 5.75 Å². The van der Waals surface area contributed by atoms with Gasteiger partial charge in [0.2, 0.25) is 0 Å². The summed E-state index contributed by atoms with van der Waals surface area (Å²) in [6, 6.07) is 12.4. The zero-order valence-electron chi connectivity index (χ0n) is 16.4. The van der Waals surface area contributed by atoms with Crippen LogP contribution in [0, 0.1) is 0 Å². The summed E-state index contributed by atoms with van der Waals surface area (Å²) < 4.78 is 4.69. The van der Waals surface area contributed by atoms with E-state index in [1.54, 1.807) is 24.3 Å². The first-order chi connectivity index (χ1) is 13.4. The number of hydrogen-bond donors (Lipinski definition) is 4. The zero-order valence-corrected chi connectivity index (χ0v) is 16.4. The predicted octanol–water partition coefficient (Wildman–Crippen LogP) is 2.71. The van der Waals surface area contributed by atoms with Crippen molar-refractivity contribution in [3.63, 3.8) is 0 Å². The van der Waals surface area contributed by atoms with Gasteiger partial charge in [-0.2, -0.15) is 0 Å². The summed E-state index contributed by atoms with van der Waals surface area (Å²) in [5.41, 5.74) is 2.78. The van der Waals surface area contributed by atoms with Crippen LogP contribution >= 0.6 is 0 Å². The molecule has 2 aromatic rings. The minimum absolute atomic E-state index is 0.0272. The van der Waals surface area contributed by atoms with Gasteiger partial charge in [-0.1, -0.05) is 18.2 Å². The zero-order chi connectivity index (χ0) is 20.5. The lowest BCUT2D eigenvalue weighted by Gasteiger charge is -2.18. The number of nitrogens with one attached hydrogen (secondary N) is 1. The van der Waals surface area contributed by atoms with Gasteiger partial charge in [-0.25, -0.2) is 4.79 Å². The second-order valence-electron chi connectivity index (χ2n) is 6.95. The van der Waals surface area contributed by atoms with Gasteiger partial charge in [-0.05, 0) is 61.6 Å². The lowest BCUT2D eigenvalue weighted by Crippen LogP contribution is -2.30. The number of carbonyl (C=O) groups is 1. The molecule has 0 aliphatic rings. The van der Waals surface area contributed by atoms with Crippen LogP contribution in [-0.2, 0) is 17.8 Å². The van der Waals surface area contributed by atoms with E-state index in [1.165, 1.54) is 18.7 Å². The molecule has 0 radical (unpaired) electrons. The molecule has 0 aliphatic heterocycles. The molecule has 0 saturated carbocycles. The first-order valence-electron chi connectivity index (χ1n) is 9.46. The van der Waals surface area contributed by atoms with Crippen molar-refractivity contribution in [3.05, 3.63) is 64.7 Å². The van der Waals surface area contributed by atoms with E-state index in [-0.39, 0.29) is 24.4 Å². The van der Waals surface area contributed by atoms with Gasteiger partial charge in [-0.3, -0.25) is 0 Å². The van der Waals surface area contributed by atoms with E-state index < -0.39 is 6.10 Å². The summed E-state index contributed by atoms with van der Waals surface area (Å²) in [5, 5.41) is 32.4. The molecule has 0 fully saturated rings. The molecule has 6 heteroatoms. The van der Waals surface area contributed by atoms with Crippen LogP contribution in [0.4, 0.5) is 0 Å². The normalized spacial score (nSPS) is 13.1. The van der Waals surface area contributed by atoms with Gasteiger partial charge in [0.05, 0.1) is 25.4 Å². The number of aromatic hydroxyl groups is 1. The van der Waals surface area contributed by atoms with Crippen LogP contribution in [0.5, 0.6) is 5.75 Å². The molecule has 0 saturated heterocycles. The van der Waals surface area contributed by atoms with Crippen molar-refractivity contribution in [2.24, 2.45) is 0 Å². The number of aryl methyl sites for hydroxylation is 1. The molecule has 152 valence electrons. The van der Waals surface area contributed by atoms with E-state index in [9.17, 15) is 20.1 Å². The van der Waals surface area contributed by atoms with Crippen molar-refractivity contribution in [2.45, 2.75) is 44.9 Å². The fourth-order valence-corrected chi connectivity index (χ4v) is 3.01. The lowest BCUT2D eigenvalue weighted by molar-refractivity contribution is 0.0600. The van der Waals surface area contributed by atoms with Crippen LogP contribution in [0.3, 0.4) is 0 Å². The highest BCUT2D eigenvalue weighted by molar-refractivity contribution is 5.89. The van der Waals surface area contributed by atoms with Crippen molar-refractivity contribution in [1.82, 2.24) is 5.32 Å². The topological polar surface area (TPSA) is 99.0 Å². The molecule has 2 atom stereocenters. The van der Waals surface area contributed by atoms with Gasteiger partial charge >= 0.3 is 5.97 Å². The summed E-state index contributed by atoms with van der Waals surface area (Å²) in [5.74, 6) is -0.304. The molecule has 28 heavy (non-hydrogen) atoms. The SMILES string of the molecule is COC(=O)c1ccc(CCCC(C)NCC(O)c2ccc(O)c(CO)c2)cc1. The molecule has 6 nitrogen and oxygen atoms in total. The van der Waals surface area contributed by atoms with Crippen molar-refractivity contribution in [2.75, 3.05) is 13.7 Å². The maximum absolute atomic E-state index is 11.4. The smallest absolute Gasteiger partial charge is 0.337 e. The Morgan fingerprint density at radius 3 is 2.54 bits per heavy atom. The van der Waals surface area contributed by atoms with Crippen molar-refractivity contribution in [1.29, 1.82) is 0 Å². The summed E-state index contributed by atoms with van der Waals surface area (Å²) in [6.07, 6.45) is 2.13. The van der Waals surface area contributed by atoms with Crippen LogP contribution < -0.4 is 5.32 Å². The molecular weight excluding hydrogens is 358 g/mol. The molecule has 0 bridgehead atoms. The molecule has 4 N–H and O–H groups in total. The van der Waals surface area contributed by atoms with Crippen LogP contribution in [0.15, 0.2) is 42.5 Å². The molecule has 2 aromatic carbocycles. The van der Waals surface area contributed by atoms with Gasteiger partial charge in [-0.15, -0.1) is 0 Å². The molecular formula is C22H29NO5. The molecule has 2 unspecified atom stereocenters. The number of rotatable bonds is 10. The highest BCUT2D eigenvalue weighted by atomic mass is 16.5. The third-order valence-corrected chi connectivity index (χ3v) is 4.80. The fourth-order valence-electron chi connectivity index (χ4n) is 3.01. The first-order valence-corrected chi connectivity index (χ1v) is 9.46. The maximum atomic E-state index is 11.4. The van der Waals surface area contributed by atoms with Gasteiger partial charge in [0.15, 0.2) is 0 Å². The van der Waals surface area contributed by atoms with Crippen molar-refractivity contribution in [3.8, 4) is 5.75 Å². The third-order valence-electron chi connectivity index (χ3n) is 4.80. The standard InChI is InChI=1S/C22H29NO5/c1-15(4-3-5-16-6-8-17(9-7-16)22(27)28-2)23-13-21(26)18-10-11-20(25)19(12-18)14-24/h6-12,15,21,23-26H,3-5,13-14H2,1-2H3. The summed E-state index contributed by atoms with van der Waals surface area (Å²) in [4.78, 5) is 11.4. The number of hydrogen-bond acceptors (Lipinski definition) is 6. The van der Waals surface area contributed by atoms with Crippen LogP contribution in [0.2, 0.25) is 0 Å². The number of aliphatic hydroxyl groups excluding tert-OH is 2. The van der Waals surface area contributed by atoms with Gasteiger partial charge < -0.3 is 25.4 Å². The second-order valence-corrected chi connectivity index (χ2v) is 6.95. The van der Waals surface area contributed by atoms with Crippen molar-refractivity contribution >= 4 is 5.97 Å². The van der Waals surface area contributed by atoms with E-state index >= 15 is 0 Å². The Hall–Kier alpha value is -2.41. The molecule has 2 rings (SSSR count). The minimum atomic E-state index is -0.709. The third kappa shape index (κ3) is 6.34. The Balaban J connectivity index is 1.73. The first kappa shape index (κ1) is 21.9. The summed E-state index contributed by atoms with van der Waals surface area (Å²) >= 11 is 0. The van der Waals surface area contributed by atoms with E-state index in [0.29, 0.717) is 23.2 Å². The van der Waals surface area contributed by atoms with Crippen LogP contribution in [0.1, 0.15) is 52.9 Å². The number of phenols is 1. The number of benzene rings is 2. The Labute approximate surface area is 165 Å². The van der Waals surface area contributed by atoms with Crippen LogP contribution in [-0.4, -0.2) is 41.0 Å². The minimum Gasteiger partial charge on any atom is -0.508 e. The molecule has 0 amide bonds. The number of methoxy groups -OCH3 is 1. The fraction of sp³-hybridized carbons (Fsp3) is 0.409. The van der Waals surface area contributed by atoms with Gasteiger partial charge in [0.25, 0.3) is 0 Å². The number of aliphatic hydroxyl groups is 2. The summed E-state index contributed by atoms with van der Waals surface area (Å²) in [7, 11) is 1.37. The molecule has 0 aromatic heterocycles. The Morgan fingerprint density at radius 2 is 1.89 bits per heavy atom.